The molecule has 0 fully saturated rings. The predicted molar refractivity (Wildman–Crippen MR) is 103 cm³/mol. The highest BCUT2D eigenvalue weighted by Gasteiger charge is 2.19. The van der Waals surface area contributed by atoms with Crippen LogP contribution < -0.4 is 5.32 Å². The summed E-state index contributed by atoms with van der Waals surface area (Å²) in [5.74, 6) is -0.336. The summed E-state index contributed by atoms with van der Waals surface area (Å²) in [6.45, 7) is 5.98. The Morgan fingerprint density at radius 1 is 1.31 bits per heavy atom. The summed E-state index contributed by atoms with van der Waals surface area (Å²) in [6, 6.07) is 5.60. The van der Waals surface area contributed by atoms with E-state index in [-0.39, 0.29) is 18.2 Å². The van der Waals surface area contributed by atoms with Gasteiger partial charge >= 0.3 is 0 Å². The molecule has 0 spiro atoms. The van der Waals surface area contributed by atoms with Gasteiger partial charge in [-0.3, -0.25) is 4.79 Å². The number of carbonyl (C=O) groups excluding carboxylic acids is 1. The average molecular weight is 374 g/mol. The molecule has 1 N–H and O–H groups in total. The van der Waals surface area contributed by atoms with Crippen LogP contribution in [0.4, 0.5) is 0 Å². The summed E-state index contributed by atoms with van der Waals surface area (Å²) < 4.78 is 0. The Balaban J connectivity index is 2.26. The van der Waals surface area contributed by atoms with E-state index in [1.54, 1.807) is 30.6 Å². The molecule has 2 aromatic rings. The van der Waals surface area contributed by atoms with Crippen LogP contribution in [0.25, 0.3) is 0 Å². The standard InChI is InChI=1S/C18H22N4O3S/c1-11-7-6-8-14(16(22-24-5)17(23)19-4)15(11)10-25-21-13(3)18-20-9-12(2)26-18/h6-9H,10H2,1-5H3,(H,19,23)/b21-13+,22-16+. The van der Waals surface area contributed by atoms with Crippen molar-refractivity contribution in [1.29, 1.82) is 0 Å². The van der Waals surface area contributed by atoms with Crippen LogP contribution in [-0.4, -0.2) is 36.5 Å². The van der Waals surface area contributed by atoms with E-state index in [0.29, 0.717) is 11.3 Å². The summed E-state index contributed by atoms with van der Waals surface area (Å²) in [6.07, 6.45) is 1.80. The fourth-order valence-electron chi connectivity index (χ4n) is 2.29. The number of nitrogens with zero attached hydrogens (tertiary/aromatic N) is 3. The first-order valence-corrected chi connectivity index (χ1v) is 8.81. The van der Waals surface area contributed by atoms with E-state index in [9.17, 15) is 4.79 Å². The highest BCUT2D eigenvalue weighted by atomic mass is 32.1. The van der Waals surface area contributed by atoms with Crippen LogP contribution in [0, 0.1) is 13.8 Å². The van der Waals surface area contributed by atoms with Gasteiger partial charge in [-0.2, -0.15) is 0 Å². The lowest BCUT2D eigenvalue weighted by molar-refractivity contribution is -0.114. The Morgan fingerprint density at radius 2 is 2.08 bits per heavy atom. The molecule has 1 aromatic carbocycles. The Bertz CT molecular complexity index is 843. The highest BCUT2D eigenvalue weighted by Crippen LogP contribution is 2.18. The van der Waals surface area contributed by atoms with Crippen LogP contribution in [0.1, 0.15) is 33.5 Å². The van der Waals surface area contributed by atoms with Crippen LogP contribution in [-0.2, 0) is 21.1 Å². The van der Waals surface area contributed by atoms with Gasteiger partial charge in [0.1, 0.15) is 24.4 Å². The SMILES string of the molecule is CNC(=O)/C(=N/OC)c1cccc(C)c1CO/N=C(\C)c1ncc(C)s1. The quantitative estimate of drug-likeness (QED) is 0.596. The number of benzene rings is 1. The minimum atomic E-state index is -0.336. The molecule has 0 aliphatic heterocycles. The van der Waals surface area contributed by atoms with Crippen molar-refractivity contribution in [3.8, 4) is 0 Å². The van der Waals surface area contributed by atoms with Crippen LogP contribution in [0.5, 0.6) is 0 Å². The lowest BCUT2D eigenvalue weighted by atomic mass is 9.98. The molecule has 1 aromatic heterocycles. The molecular formula is C18H22N4O3S. The van der Waals surface area contributed by atoms with Crippen LogP contribution >= 0.6 is 11.3 Å². The van der Waals surface area contributed by atoms with Crippen molar-refractivity contribution in [2.75, 3.05) is 14.2 Å². The topological polar surface area (TPSA) is 85.2 Å². The van der Waals surface area contributed by atoms with Gasteiger partial charge < -0.3 is 15.0 Å². The largest absolute Gasteiger partial charge is 0.398 e. The number of aromatic nitrogens is 1. The number of rotatable bonds is 7. The number of likely N-dealkylation sites (N-methyl/N-ethyl adjacent to an activating group) is 1. The number of hydrogen-bond donors (Lipinski definition) is 1. The highest BCUT2D eigenvalue weighted by molar-refractivity contribution is 7.13. The minimum absolute atomic E-state index is 0.188. The number of carbonyl (C=O) groups is 1. The maximum atomic E-state index is 12.1. The molecule has 0 saturated carbocycles. The third kappa shape index (κ3) is 4.66. The van der Waals surface area contributed by atoms with Gasteiger partial charge in [0.05, 0.1) is 0 Å². The van der Waals surface area contributed by atoms with Gasteiger partial charge in [0, 0.05) is 29.2 Å². The van der Waals surface area contributed by atoms with E-state index >= 15 is 0 Å². The predicted octanol–water partition coefficient (Wildman–Crippen LogP) is 2.80. The second-order valence-electron chi connectivity index (χ2n) is 5.53. The molecule has 0 aliphatic rings. The van der Waals surface area contributed by atoms with Crippen molar-refractivity contribution < 1.29 is 14.5 Å². The van der Waals surface area contributed by atoms with Gasteiger partial charge in [-0.25, -0.2) is 4.98 Å². The van der Waals surface area contributed by atoms with Crippen molar-refractivity contribution in [3.05, 3.63) is 51.0 Å². The number of nitrogens with one attached hydrogen (secondary N) is 1. The molecule has 26 heavy (non-hydrogen) atoms. The number of amides is 1. The molecule has 8 heteroatoms. The fraction of sp³-hybridized carbons (Fsp3) is 0.333. The first-order chi connectivity index (χ1) is 12.5. The van der Waals surface area contributed by atoms with Crippen molar-refractivity contribution in [1.82, 2.24) is 10.3 Å². The van der Waals surface area contributed by atoms with E-state index in [0.717, 1.165) is 21.0 Å². The molecule has 7 nitrogen and oxygen atoms in total. The zero-order valence-corrected chi connectivity index (χ0v) is 16.3. The lowest BCUT2D eigenvalue weighted by Crippen LogP contribution is -2.29. The first-order valence-electron chi connectivity index (χ1n) is 7.99. The van der Waals surface area contributed by atoms with Crippen LogP contribution in [0.2, 0.25) is 0 Å². The average Bonchev–Trinajstić information content (AvgIpc) is 3.07. The molecule has 0 saturated heterocycles. The van der Waals surface area contributed by atoms with Crippen molar-refractivity contribution in [2.45, 2.75) is 27.4 Å². The summed E-state index contributed by atoms with van der Waals surface area (Å²) in [7, 11) is 2.95. The molecule has 138 valence electrons. The minimum Gasteiger partial charge on any atom is -0.398 e. The second-order valence-corrected chi connectivity index (χ2v) is 6.76. The molecule has 0 unspecified atom stereocenters. The van der Waals surface area contributed by atoms with Gasteiger partial charge in [-0.05, 0) is 26.3 Å². The van der Waals surface area contributed by atoms with E-state index in [1.165, 1.54) is 7.11 Å². The number of oxime groups is 2. The van der Waals surface area contributed by atoms with Crippen molar-refractivity contribution >= 4 is 28.7 Å². The van der Waals surface area contributed by atoms with Gasteiger partial charge in [-0.15, -0.1) is 11.3 Å². The third-order valence-corrected chi connectivity index (χ3v) is 4.65. The maximum absolute atomic E-state index is 12.1. The molecule has 2 rings (SSSR count). The van der Waals surface area contributed by atoms with Gasteiger partial charge in [-0.1, -0.05) is 28.5 Å². The van der Waals surface area contributed by atoms with E-state index in [2.05, 4.69) is 20.6 Å². The molecule has 0 radical (unpaired) electrons. The van der Waals surface area contributed by atoms with Crippen LogP contribution in [0.3, 0.4) is 0 Å². The Morgan fingerprint density at radius 3 is 2.69 bits per heavy atom. The normalized spacial score (nSPS) is 12.0. The number of hydrogen-bond acceptors (Lipinski definition) is 7. The Hall–Kier alpha value is -2.74. The van der Waals surface area contributed by atoms with E-state index in [1.807, 2.05) is 32.9 Å². The van der Waals surface area contributed by atoms with Crippen molar-refractivity contribution in [2.24, 2.45) is 10.3 Å². The van der Waals surface area contributed by atoms with Crippen molar-refractivity contribution in [3.63, 3.8) is 0 Å². The summed E-state index contributed by atoms with van der Waals surface area (Å²) in [5.41, 5.74) is 3.32. The molecule has 0 atom stereocenters. The molecule has 1 amide bonds. The molecular weight excluding hydrogens is 352 g/mol. The van der Waals surface area contributed by atoms with Gasteiger partial charge in [0.2, 0.25) is 0 Å². The maximum Gasteiger partial charge on any atom is 0.273 e. The monoisotopic (exact) mass is 374 g/mol. The molecule has 0 aliphatic carbocycles. The van der Waals surface area contributed by atoms with E-state index in [4.69, 9.17) is 9.68 Å². The zero-order chi connectivity index (χ0) is 19.1. The summed E-state index contributed by atoms with van der Waals surface area (Å²) >= 11 is 1.56. The zero-order valence-electron chi connectivity index (χ0n) is 15.5. The summed E-state index contributed by atoms with van der Waals surface area (Å²) in [5, 5.41) is 11.4. The van der Waals surface area contributed by atoms with Gasteiger partial charge in [0.15, 0.2) is 5.71 Å². The second kappa shape index (κ2) is 9.10. The fourth-order valence-corrected chi connectivity index (χ4v) is 2.99. The Kier molecular flexibility index (Phi) is 6.85. The number of aryl methyl sites for hydroxylation is 2. The third-order valence-electron chi connectivity index (χ3n) is 3.63. The molecule has 1 heterocycles. The van der Waals surface area contributed by atoms with E-state index < -0.39 is 0 Å². The smallest absolute Gasteiger partial charge is 0.273 e. The first kappa shape index (κ1) is 19.6. The Labute approximate surface area is 156 Å². The van der Waals surface area contributed by atoms with Crippen LogP contribution in [0.15, 0.2) is 34.7 Å². The number of thiazole rings is 1. The summed E-state index contributed by atoms with van der Waals surface area (Å²) in [4.78, 5) is 27.9. The molecule has 0 bridgehead atoms. The van der Waals surface area contributed by atoms with Gasteiger partial charge in [0.25, 0.3) is 5.91 Å². The lowest BCUT2D eigenvalue weighted by Gasteiger charge is -2.12.